The molecule has 11 heteroatoms. The summed E-state index contributed by atoms with van der Waals surface area (Å²) in [5, 5.41) is 18.3. The highest BCUT2D eigenvalue weighted by atomic mass is 31.2. The fourth-order valence-corrected chi connectivity index (χ4v) is 6.48. The van der Waals surface area contributed by atoms with Crippen molar-refractivity contribution in [3.8, 4) is 0 Å². The molecule has 0 radical (unpaired) electrons. The molecule has 0 bridgehead atoms. The van der Waals surface area contributed by atoms with Crippen LogP contribution in [0.1, 0.15) is 194 Å². The molecular formula is C40H77O10P. The number of aliphatic hydroxyl groups excluding tert-OH is 2. The molecule has 0 saturated carbocycles. The fourth-order valence-electron chi connectivity index (χ4n) is 5.69. The summed E-state index contributed by atoms with van der Waals surface area (Å²) in [7, 11) is -4.61. The lowest BCUT2D eigenvalue weighted by atomic mass is 10.0. The molecule has 51 heavy (non-hydrogen) atoms. The van der Waals surface area contributed by atoms with Crippen LogP contribution in [0.25, 0.3) is 0 Å². The van der Waals surface area contributed by atoms with Crippen molar-refractivity contribution < 1.29 is 47.8 Å². The number of aliphatic hydroxyl groups is 2. The fraction of sp³-hybridized carbons (Fsp3) is 0.900. The number of phosphoric ester groups is 1. The first-order chi connectivity index (χ1) is 24.7. The number of carbonyl (C=O) groups is 2. The quantitative estimate of drug-likeness (QED) is 0.0240. The van der Waals surface area contributed by atoms with E-state index in [1.165, 1.54) is 96.3 Å². The predicted octanol–water partition coefficient (Wildman–Crippen LogP) is 10.4. The summed E-state index contributed by atoms with van der Waals surface area (Å²) in [4.78, 5) is 34.9. The smallest absolute Gasteiger partial charge is 0.462 e. The number of unbranched alkanes of at least 4 members (excludes halogenated alkanes) is 23. The van der Waals surface area contributed by atoms with E-state index in [4.69, 9.17) is 19.1 Å². The number of ether oxygens (including phenoxy) is 2. The third-order valence-corrected chi connectivity index (χ3v) is 9.87. The highest BCUT2D eigenvalue weighted by molar-refractivity contribution is 7.47. The Morgan fingerprint density at radius 3 is 1.43 bits per heavy atom. The zero-order valence-electron chi connectivity index (χ0n) is 32.6. The summed E-state index contributed by atoms with van der Waals surface area (Å²) in [5.74, 6) is -0.927. The Morgan fingerprint density at radius 2 is 0.961 bits per heavy atom. The number of phosphoric acid groups is 1. The van der Waals surface area contributed by atoms with Crippen LogP contribution in [0.5, 0.6) is 0 Å². The van der Waals surface area contributed by atoms with E-state index in [1.807, 2.05) is 0 Å². The maximum absolute atomic E-state index is 12.6. The maximum Gasteiger partial charge on any atom is 0.472 e. The van der Waals surface area contributed by atoms with Crippen LogP contribution in [0.2, 0.25) is 0 Å². The molecule has 0 amide bonds. The van der Waals surface area contributed by atoms with Crippen molar-refractivity contribution in [1.82, 2.24) is 0 Å². The third kappa shape index (κ3) is 36.8. The van der Waals surface area contributed by atoms with Gasteiger partial charge in [0.2, 0.25) is 0 Å². The van der Waals surface area contributed by atoms with Gasteiger partial charge < -0.3 is 24.6 Å². The molecule has 10 nitrogen and oxygen atoms in total. The van der Waals surface area contributed by atoms with E-state index in [9.17, 15) is 24.2 Å². The average molecular weight is 749 g/mol. The average Bonchev–Trinajstić information content (AvgIpc) is 3.12. The first-order valence-electron chi connectivity index (χ1n) is 20.6. The molecule has 0 fully saturated rings. The first kappa shape index (κ1) is 49.7. The number of hydrogen-bond acceptors (Lipinski definition) is 9. The normalized spacial score (nSPS) is 14.1. The Morgan fingerprint density at radius 1 is 0.569 bits per heavy atom. The van der Waals surface area contributed by atoms with E-state index in [2.05, 4.69) is 30.5 Å². The number of esters is 2. The first-order valence-corrected chi connectivity index (χ1v) is 22.1. The van der Waals surface area contributed by atoms with E-state index in [1.54, 1.807) is 0 Å². The molecule has 0 heterocycles. The van der Waals surface area contributed by atoms with Gasteiger partial charge in [0.1, 0.15) is 12.7 Å². The highest BCUT2D eigenvalue weighted by Gasteiger charge is 2.27. The van der Waals surface area contributed by atoms with Gasteiger partial charge in [-0.15, -0.1) is 0 Å². The zero-order valence-corrected chi connectivity index (χ0v) is 33.5. The number of rotatable bonds is 39. The lowest BCUT2D eigenvalue weighted by molar-refractivity contribution is -0.161. The second kappa shape index (κ2) is 37.0. The predicted molar refractivity (Wildman–Crippen MR) is 205 cm³/mol. The van der Waals surface area contributed by atoms with Crippen LogP contribution in [-0.2, 0) is 32.7 Å². The van der Waals surface area contributed by atoms with Gasteiger partial charge in [-0.3, -0.25) is 18.6 Å². The molecule has 0 spiro atoms. The Bertz CT molecular complexity index is 868. The topological polar surface area (TPSA) is 149 Å². The van der Waals surface area contributed by atoms with Crippen LogP contribution in [0.4, 0.5) is 0 Å². The summed E-state index contributed by atoms with van der Waals surface area (Å²) >= 11 is 0. The maximum atomic E-state index is 12.6. The second-order valence-corrected chi connectivity index (χ2v) is 15.5. The van der Waals surface area contributed by atoms with Crippen molar-refractivity contribution in [3.63, 3.8) is 0 Å². The molecule has 0 aliphatic rings. The van der Waals surface area contributed by atoms with Crippen LogP contribution < -0.4 is 0 Å². The summed E-state index contributed by atoms with van der Waals surface area (Å²) in [6.45, 7) is 2.37. The Kier molecular flexibility index (Phi) is 36.1. The zero-order chi connectivity index (χ0) is 37.7. The van der Waals surface area contributed by atoms with Crippen molar-refractivity contribution in [2.75, 3.05) is 26.4 Å². The molecule has 0 aromatic heterocycles. The van der Waals surface area contributed by atoms with Gasteiger partial charge in [0.25, 0.3) is 0 Å². The van der Waals surface area contributed by atoms with Gasteiger partial charge in [-0.05, 0) is 38.5 Å². The minimum atomic E-state index is -4.61. The van der Waals surface area contributed by atoms with Gasteiger partial charge in [0.05, 0.1) is 19.8 Å². The molecule has 302 valence electrons. The lowest BCUT2D eigenvalue weighted by Gasteiger charge is -2.20. The van der Waals surface area contributed by atoms with E-state index < -0.39 is 51.8 Å². The Hall–Kier alpha value is -1.29. The van der Waals surface area contributed by atoms with E-state index in [-0.39, 0.29) is 19.4 Å². The van der Waals surface area contributed by atoms with Gasteiger partial charge in [-0.1, -0.05) is 154 Å². The largest absolute Gasteiger partial charge is 0.472 e. The minimum Gasteiger partial charge on any atom is -0.462 e. The van der Waals surface area contributed by atoms with E-state index in [0.29, 0.717) is 12.8 Å². The lowest BCUT2D eigenvalue weighted by Crippen LogP contribution is -2.29. The molecule has 0 saturated heterocycles. The Labute approximate surface area is 311 Å². The molecule has 0 aliphatic heterocycles. The SMILES string of the molecule is CCCCCCC=CCCCCCCCC(=O)OCC(COP(=O)(O)OCC(O)CO)OC(=O)CCCCCCCCCCCCCCCCC. The summed E-state index contributed by atoms with van der Waals surface area (Å²) < 4.78 is 32.6. The molecular weight excluding hydrogens is 671 g/mol. The number of allylic oxidation sites excluding steroid dienone is 2. The van der Waals surface area contributed by atoms with Crippen LogP contribution in [0.3, 0.4) is 0 Å². The number of hydrogen-bond donors (Lipinski definition) is 3. The van der Waals surface area contributed by atoms with Crippen molar-refractivity contribution in [2.45, 2.75) is 206 Å². The summed E-state index contributed by atoms with van der Waals surface area (Å²) in [5.41, 5.74) is 0. The van der Waals surface area contributed by atoms with Crippen LogP contribution in [0.15, 0.2) is 12.2 Å². The summed E-state index contributed by atoms with van der Waals surface area (Å²) in [6.07, 6.45) is 33.2. The minimum absolute atomic E-state index is 0.188. The molecule has 0 aromatic rings. The number of carbonyl (C=O) groups excluding carboxylic acids is 2. The van der Waals surface area contributed by atoms with E-state index >= 15 is 0 Å². The van der Waals surface area contributed by atoms with Crippen molar-refractivity contribution in [1.29, 1.82) is 0 Å². The van der Waals surface area contributed by atoms with Crippen molar-refractivity contribution >= 4 is 19.8 Å². The van der Waals surface area contributed by atoms with Crippen LogP contribution >= 0.6 is 7.82 Å². The molecule has 3 N–H and O–H groups in total. The van der Waals surface area contributed by atoms with Crippen LogP contribution in [-0.4, -0.2) is 65.7 Å². The molecule has 0 rings (SSSR count). The monoisotopic (exact) mass is 749 g/mol. The van der Waals surface area contributed by atoms with Gasteiger partial charge in [-0.2, -0.15) is 0 Å². The van der Waals surface area contributed by atoms with Gasteiger partial charge >= 0.3 is 19.8 Å². The second-order valence-electron chi connectivity index (χ2n) is 14.0. The van der Waals surface area contributed by atoms with Gasteiger partial charge in [0.15, 0.2) is 6.10 Å². The van der Waals surface area contributed by atoms with Gasteiger partial charge in [0, 0.05) is 12.8 Å². The van der Waals surface area contributed by atoms with Crippen LogP contribution in [0, 0.1) is 0 Å². The molecule has 0 aliphatic carbocycles. The third-order valence-electron chi connectivity index (χ3n) is 8.92. The Balaban J connectivity index is 4.31. The molecule has 3 atom stereocenters. The standard InChI is InChI=1S/C40H77O10P/c1-3-5-7-9-11-13-15-17-18-20-22-24-26-28-30-32-40(44)50-38(36-49-51(45,46)48-34-37(42)33-41)35-47-39(43)31-29-27-25-23-21-19-16-14-12-10-8-6-4-2/h14,16,37-38,41-42H,3-13,15,17-36H2,1-2H3,(H,45,46). The highest BCUT2D eigenvalue weighted by Crippen LogP contribution is 2.43. The molecule has 0 aromatic carbocycles. The van der Waals surface area contributed by atoms with Crippen molar-refractivity contribution in [2.24, 2.45) is 0 Å². The van der Waals surface area contributed by atoms with E-state index in [0.717, 1.165) is 57.8 Å². The van der Waals surface area contributed by atoms with Gasteiger partial charge in [-0.25, -0.2) is 4.57 Å². The molecule has 3 unspecified atom stereocenters. The van der Waals surface area contributed by atoms with Crippen molar-refractivity contribution in [3.05, 3.63) is 12.2 Å². The summed E-state index contributed by atoms with van der Waals surface area (Å²) in [6, 6.07) is 0.